The molecule has 19 heavy (non-hydrogen) atoms. The molecule has 0 aromatic rings. The maximum Gasteiger partial charge on any atom is 0.412 e. The van der Waals surface area contributed by atoms with Gasteiger partial charge >= 0.3 is 6.09 Å². The molecule has 0 atom stereocenters. The van der Waals surface area contributed by atoms with Crippen LogP contribution in [0.2, 0.25) is 0 Å². The maximum absolute atomic E-state index is 12.2. The van der Waals surface area contributed by atoms with Crippen LogP contribution in [0, 0.1) is 0 Å². The second-order valence-corrected chi connectivity index (χ2v) is 6.03. The number of carbonyl (C=O) groups is 1. The summed E-state index contributed by atoms with van der Waals surface area (Å²) in [5, 5.41) is 0. The Morgan fingerprint density at radius 1 is 1.16 bits per heavy atom. The predicted molar refractivity (Wildman–Crippen MR) is 73.0 cm³/mol. The first-order valence-electron chi connectivity index (χ1n) is 6.88. The third-order valence-electron chi connectivity index (χ3n) is 3.31. The van der Waals surface area contributed by atoms with Gasteiger partial charge in [-0.25, -0.2) is 4.79 Å². The summed E-state index contributed by atoms with van der Waals surface area (Å²) in [5.74, 6) is 0. The molecule has 0 aromatic carbocycles. The summed E-state index contributed by atoms with van der Waals surface area (Å²) in [5.41, 5.74) is -0.479. The number of rotatable bonds is 4. The molecule has 1 fully saturated rings. The van der Waals surface area contributed by atoms with Crippen molar-refractivity contribution >= 4 is 6.09 Å². The van der Waals surface area contributed by atoms with Gasteiger partial charge in [0.15, 0.2) is 0 Å². The molecule has 5 nitrogen and oxygen atoms in total. The van der Waals surface area contributed by atoms with Crippen LogP contribution < -0.4 is 0 Å². The molecular formula is C14H27NO4. The monoisotopic (exact) mass is 273 g/mol. The summed E-state index contributed by atoms with van der Waals surface area (Å²) in [6.07, 6.45) is 3.84. The summed E-state index contributed by atoms with van der Waals surface area (Å²) in [6.45, 7) is 5.89. The van der Waals surface area contributed by atoms with Gasteiger partial charge in [0.05, 0.1) is 6.10 Å². The van der Waals surface area contributed by atoms with Crippen molar-refractivity contribution in [1.82, 2.24) is 4.90 Å². The molecule has 0 radical (unpaired) electrons. The van der Waals surface area contributed by atoms with E-state index in [0.717, 1.165) is 25.7 Å². The van der Waals surface area contributed by atoms with Gasteiger partial charge in [0.1, 0.15) is 12.3 Å². The standard InChI is InChI=1S/C14H27NO4/c1-14(2,3)19-13(16)15(10-17-4)11-6-8-12(18-5)9-7-11/h11-12H,6-10H2,1-5H3. The van der Waals surface area contributed by atoms with Crippen molar-refractivity contribution < 1.29 is 19.0 Å². The van der Waals surface area contributed by atoms with Crippen LogP contribution in [0.25, 0.3) is 0 Å². The van der Waals surface area contributed by atoms with Crippen LogP contribution in [0.15, 0.2) is 0 Å². The summed E-state index contributed by atoms with van der Waals surface area (Å²) in [7, 11) is 3.34. The zero-order valence-corrected chi connectivity index (χ0v) is 12.8. The van der Waals surface area contributed by atoms with Crippen LogP contribution >= 0.6 is 0 Å². The van der Waals surface area contributed by atoms with E-state index in [1.54, 1.807) is 19.1 Å². The van der Waals surface area contributed by atoms with Crippen molar-refractivity contribution in [2.45, 2.75) is 64.2 Å². The molecule has 0 saturated heterocycles. The lowest BCUT2D eigenvalue weighted by atomic mass is 9.92. The fraction of sp³-hybridized carbons (Fsp3) is 0.929. The van der Waals surface area contributed by atoms with Crippen LogP contribution in [0.4, 0.5) is 4.79 Å². The van der Waals surface area contributed by atoms with Crippen molar-refractivity contribution in [1.29, 1.82) is 0 Å². The number of hydrogen-bond acceptors (Lipinski definition) is 4. The highest BCUT2D eigenvalue weighted by molar-refractivity contribution is 5.68. The lowest BCUT2D eigenvalue weighted by Gasteiger charge is -2.36. The number of methoxy groups -OCH3 is 2. The molecule has 0 unspecified atom stereocenters. The van der Waals surface area contributed by atoms with E-state index < -0.39 is 5.60 Å². The molecule has 0 spiro atoms. The van der Waals surface area contributed by atoms with Crippen molar-refractivity contribution in [3.8, 4) is 0 Å². The first-order valence-corrected chi connectivity index (χ1v) is 6.88. The van der Waals surface area contributed by atoms with Gasteiger partial charge in [0, 0.05) is 20.3 Å². The number of hydrogen-bond donors (Lipinski definition) is 0. The molecule has 0 N–H and O–H groups in total. The Kier molecular flexibility index (Phi) is 6.07. The zero-order valence-electron chi connectivity index (χ0n) is 12.8. The molecule has 112 valence electrons. The minimum Gasteiger partial charge on any atom is -0.444 e. The van der Waals surface area contributed by atoms with Crippen LogP contribution in [0.3, 0.4) is 0 Å². The molecular weight excluding hydrogens is 246 g/mol. The lowest BCUT2D eigenvalue weighted by molar-refractivity contribution is -0.0321. The van der Waals surface area contributed by atoms with Crippen LogP contribution in [-0.4, -0.2) is 49.7 Å². The van der Waals surface area contributed by atoms with Gasteiger partial charge in [-0.3, -0.25) is 4.90 Å². The van der Waals surface area contributed by atoms with Crippen LogP contribution in [-0.2, 0) is 14.2 Å². The summed E-state index contributed by atoms with van der Waals surface area (Å²) in [4.78, 5) is 13.9. The quantitative estimate of drug-likeness (QED) is 0.739. The van der Waals surface area contributed by atoms with E-state index in [1.165, 1.54) is 0 Å². The molecule has 0 heterocycles. The molecule has 0 aliphatic heterocycles. The number of carbonyl (C=O) groups excluding carboxylic acids is 1. The summed E-state index contributed by atoms with van der Waals surface area (Å²) >= 11 is 0. The van der Waals surface area contributed by atoms with Gasteiger partial charge < -0.3 is 14.2 Å². The number of nitrogens with zero attached hydrogens (tertiary/aromatic N) is 1. The van der Waals surface area contributed by atoms with Gasteiger partial charge in [-0.1, -0.05) is 0 Å². The molecule has 1 aliphatic rings. The third kappa shape index (κ3) is 5.37. The highest BCUT2D eigenvalue weighted by Crippen LogP contribution is 2.26. The maximum atomic E-state index is 12.2. The molecule has 5 heteroatoms. The van der Waals surface area contributed by atoms with E-state index in [4.69, 9.17) is 14.2 Å². The number of amides is 1. The topological polar surface area (TPSA) is 48.0 Å². The average Bonchev–Trinajstić information content (AvgIpc) is 2.34. The molecule has 0 bridgehead atoms. The molecule has 1 rings (SSSR count). The molecule has 0 aromatic heterocycles. The second kappa shape index (κ2) is 7.10. The Labute approximate surface area is 116 Å². The van der Waals surface area contributed by atoms with E-state index in [2.05, 4.69) is 0 Å². The first kappa shape index (κ1) is 16.2. The summed E-state index contributed by atoms with van der Waals surface area (Å²) in [6, 6.07) is 0.182. The van der Waals surface area contributed by atoms with Crippen LogP contribution in [0.5, 0.6) is 0 Å². The van der Waals surface area contributed by atoms with E-state index in [0.29, 0.717) is 6.10 Å². The molecule has 1 saturated carbocycles. The Morgan fingerprint density at radius 2 is 1.74 bits per heavy atom. The second-order valence-electron chi connectivity index (χ2n) is 6.03. The third-order valence-corrected chi connectivity index (χ3v) is 3.31. The highest BCUT2D eigenvalue weighted by atomic mass is 16.6. The van der Waals surface area contributed by atoms with Gasteiger partial charge in [-0.05, 0) is 46.5 Å². The highest BCUT2D eigenvalue weighted by Gasteiger charge is 2.31. The molecule has 1 amide bonds. The SMILES string of the molecule is COCN(C(=O)OC(C)(C)C)C1CCC(OC)CC1. The fourth-order valence-corrected chi connectivity index (χ4v) is 2.36. The van der Waals surface area contributed by atoms with Gasteiger partial charge in [-0.15, -0.1) is 0 Å². The van der Waals surface area contributed by atoms with E-state index in [1.807, 2.05) is 20.8 Å². The minimum atomic E-state index is -0.479. The van der Waals surface area contributed by atoms with Gasteiger partial charge in [0.25, 0.3) is 0 Å². The van der Waals surface area contributed by atoms with Crippen molar-refractivity contribution in [3.05, 3.63) is 0 Å². The summed E-state index contributed by atoms with van der Waals surface area (Å²) < 4.78 is 15.9. The Hall–Kier alpha value is -0.810. The van der Waals surface area contributed by atoms with Crippen LogP contribution in [0.1, 0.15) is 46.5 Å². The van der Waals surface area contributed by atoms with Crippen molar-refractivity contribution in [2.75, 3.05) is 21.0 Å². The normalized spacial score (nSPS) is 24.1. The van der Waals surface area contributed by atoms with E-state index >= 15 is 0 Å². The van der Waals surface area contributed by atoms with Crippen molar-refractivity contribution in [3.63, 3.8) is 0 Å². The fourth-order valence-electron chi connectivity index (χ4n) is 2.36. The first-order chi connectivity index (χ1) is 8.87. The lowest BCUT2D eigenvalue weighted by Crippen LogP contribution is -2.46. The Balaban J connectivity index is 2.59. The molecule has 1 aliphatic carbocycles. The Morgan fingerprint density at radius 3 is 2.16 bits per heavy atom. The predicted octanol–water partition coefficient (Wildman–Crippen LogP) is 2.79. The van der Waals surface area contributed by atoms with Gasteiger partial charge in [0.2, 0.25) is 0 Å². The van der Waals surface area contributed by atoms with Crippen molar-refractivity contribution in [2.24, 2.45) is 0 Å². The van der Waals surface area contributed by atoms with E-state index in [9.17, 15) is 4.79 Å². The number of ether oxygens (including phenoxy) is 3. The zero-order chi connectivity index (χ0) is 14.5. The average molecular weight is 273 g/mol. The largest absolute Gasteiger partial charge is 0.444 e. The Bertz CT molecular complexity index is 280. The van der Waals surface area contributed by atoms with E-state index in [-0.39, 0.29) is 18.9 Å². The smallest absolute Gasteiger partial charge is 0.412 e. The minimum absolute atomic E-state index is 0.182. The van der Waals surface area contributed by atoms with Gasteiger partial charge in [-0.2, -0.15) is 0 Å².